The zero-order chi connectivity index (χ0) is 13.8. The van der Waals surface area contributed by atoms with E-state index in [-0.39, 0.29) is 0 Å². The van der Waals surface area contributed by atoms with Crippen molar-refractivity contribution in [3.05, 3.63) is 41.2 Å². The monoisotopic (exact) mass is 254 g/mol. The molecule has 1 heterocycles. The molecule has 1 aromatic heterocycles. The van der Waals surface area contributed by atoms with Crippen molar-refractivity contribution in [3.63, 3.8) is 0 Å². The van der Waals surface area contributed by atoms with Crippen LogP contribution in [0.15, 0.2) is 24.5 Å². The summed E-state index contributed by atoms with van der Waals surface area (Å²) in [4.78, 5) is 8.22. The first-order chi connectivity index (χ1) is 9.15. The van der Waals surface area contributed by atoms with Crippen LogP contribution in [0.1, 0.15) is 16.7 Å². The molecule has 5 nitrogen and oxygen atoms in total. The smallest absolute Gasteiger partial charge is 0.227 e. The van der Waals surface area contributed by atoms with E-state index in [0.717, 1.165) is 16.9 Å². The molecule has 0 atom stereocenters. The van der Waals surface area contributed by atoms with Crippen LogP contribution in [0, 0.1) is 25.2 Å². The van der Waals surface area contributed by atoms with E-state index in [1.165, 1.54) is 6.33 Å². The Morgan fingerprint density at radius 3 is 2.74 bits per heavy atom. The van der Waals surface area contributed by atoms with Gasteiger partial charge >= 0.3 is 0 Å². The van der Waals surface area contributed by atoms with Crippen molar-refractivity contribution in [1.82, 2.24) is 9.97 Å². The molecular weight excluding hydrogens is 240 g/mol. The average molecular weight is 254 g/mol. The van der Waals surface area contributed by atoms with Gasteiger partial charge in [0.15, 0.2) is 0 Å². The molecule has 0 aliphatic heterocycles. The zero-order valence-corrected chi connectivity index (χ0v) is 11.1. The SMILES string of the molecule is CNc1ncnc(Oc2cc(C#N)ccc2C)c1C. The first-order valence-corrected chi connectivity index (χ1v) is 5.83. The van der Waals surface area contributed by atoms with Gasteiger partial charge < -0.3 is 10.1 Å². The highest BCUT2D eigenvalue weighted by atomic mass is 16.5. The number of nitrogens with zero attached hydrogens (tertiary/aromatic N) is 3. The summed E-state index contributed by atoms with van der Waals surface area (Å²) in [6.07, 6.45) is 1.44. The Hall–Kier alpha value is -2.61. The Balaban J connectivity index is 2.39. The van der Waals surface area contributed by atoms with Crippen LogP contribution in [0.4, 0.5) is 5.82 Å². The fourth-order valence-electron chi connectivity index (χ4n) is 1.67. The summed E-state index contributed by atoms with van der Waals surface area (Å²) in [7, 11) is 1.79. The third-order valence-electron chi connectivity index (χ3n) is 2.80. The molecule has 0 bridgehead atoms. The molecule has 0 saturated carbocycles. The Kier molecular flexibility index (Phi) is 3.62. The second-order valence-electron chi connectivity index (χ2n) is 4.10. The van der Waals surface area contributed by atoms with Crippen molar-refractivity contribution >= 4 is 5.82 Å². The predicted octanol–water partition coefficient (Wildman–Crippen LogP) is 2.80. The van der Waals surface area contributed by atoms with Gasteiger partial charge in [0.05, 0.1) is 17.2 Å². The van der Waals surface area contributed by atoms with E-state index < -0.39 is 0 Å². The molecule has 1 N–H and O–H groups in total. The molecule has 2 rings (SSSR count). The summed E-state index contributed by atoms with van der Waals surface area (Å²) in [6, 6.07) is 7.41. The van der Waals surface area contributed by atoms with Crippen molar-refractivity contribution in [1.29, 1.82) is 5.26 Å². The summed E-state index contributed by atoms with van der Waals surface area (Å²) in [6.45, 7) is 3.80. The maximum atomic E-state index is 8.91. The van der Waals surface area contributed by atoms with E-state index in [9.17, 15) is 0 Å². The minimum absolute atomic E-state index is 0.484. The molecule has 0 amide bonds. The van der Waals surface area contributed by atoms with Crippen LogP contribution in [-0.4, -0.2) is 17.0 Å². The number of hydrogen-bond donors (Lipinski definition) is 1. The first-order valence-electron chi connectivity index (χ1n) is 5.83. The second-order valence-corrected chi connectivity index (χ2v) is 4.10. The van der Waals surface area contributed by atoms with Gasteiger partial charge in [-0.15, -0.1) is 0 Å². The highest BCUT2D eigenvalue weighted by molar-refractivity contribution is 5.49. The van der Waals surface area contributed by atoms with Gasteiger partial charge in [0.1, 0.15) is 17.9 Å². The van der Waals surface area contributed by atoms with Crippen LogP contribution in [0.25, 0.3) is 0 Å². The molecule has 19 heavy (non-hydrogen) atoms. The molecular formula is C14H14N4O. The topological polar surface area (TPSA) is 70.8 Å². The number of aryl methyl sites for hydroxylation is 1. The highest BCUT2D eigenvalue weighted by Gasteiger charge is 2.10. The zero-order valence-electron chi connectivity index (χ0n) is 11.1. The molecule has 0 aliphatic rings. The van der Waals surface area contributed by atoms with E-state index in [0.29, 0.717) is 17.2 Å². The van der Waals surface area contributed by atoms with Crippen LogP contribution < -0.4 is 10.1 Å². The van der Waals surface area contributed by atoms with Gasteiger partial charge in [-0.3, -0.25) is 0 Å². The number of aromatic nitrogens is 2. The number of nitriles is 1. The van der Waals surface area contributed by atoms with Crippen LogP contribution in [0.2, 0.25) is 0 Å². The normalized spacial score (nSPS) is 9.79. The predicted molar refractivity (Wildman–Crippen MR) is 72.3 cm³/mol. The lowest BCUT2D eigenvalue weighted by Crippen LogP contribution is -2.00. The number of nitrogens with one attached hydrogen (secondary N) is 1. The van der Waals surface area contributed by atoms with Gasteiger partial charge in [-0.1, -0.05) is 6.07 Å². The number of anilines is 1. The van der Waals surface area contributed by atoms with Gasteiger partial charge in [0, 0.05) is 7.05 Å². The van der Waals surface area contributed by atoms with E-state index in [2.05, 4.69) is 21.4 Å². The summed E-state index contributed by atoms with van der Waals surface area (Å²) in [5.41, 5.74) is 2.33. The average Bonchev–Trinajstić information content (AvgIpc) is 2.43. The fraction of sp³-hybridized carbons (Fsp3) is 0.214. The molecule has 0 unspecified atom stereocenters. The van der Waals surface area contributed by atoms with E-state index in [1.807, 2.05) is 19.9 Å². The second kappa shape index (κ2) is 5.36. The van der Waals surface area contributed by atoms with Gasteiger partial charge in [-0.2, -0.15) is 5.26 Å². The van der Waals surface area contributed by atoms with Crippen LogP contribution in [0.5, 0.6) is 11.6 Å². The third-order valence-corrected chi connectivity index (χ3v) is 2.80. The molecule has 96 valence electrons. The Morgan fingerprint density at radius 1 is 1.26 bits per heavy atom. The molecule has 0 radical (unpaired) electrons. The fourth-order valence-corrected chi connectivity index (χ4v) is 1.67. The lowest BCUT2D eigenvalue weighted by molar-refractivity contribution is 0.454. The molecule has 1 aromatic carbocycles. The maximum Gasteiger partial charge on any atom is 0.227 e. The van der Waals surface area contributed by atoms with Crippen molar-refractivity contribution in [3.8, 4) is 17.7 Å². The molecule has 5 heteroatoms. The van der Waals surface area contributed by atoms with Gasteiger partial charge in [0.25, 0.3) is 0 Å². The van der Waals surface area contributed by atoms with Crippen molar-refractivity contribution < 1.29 is 4.74 Å². The van der Waals surface area contributed by atoms with E-state index in [1.54, 1.807) is 19.2 Å². The summed E-state index contributed by atoms with van der Waals surface area (Å²) in [5.74, 6) is 1.83. The van der Waals surface area contributed by atoms with Gasteiger partial charge in [-0.25, -0.2) is 9.97 Å². The van der Waals surface area contributed by atoms with Gasteiger partial charge in [-0.05, 0) is 31.5 Å². The Morgan fingerprint density at radius 2 is 2.05 bits per heavy atom. The van der Waals surface area contributed by atoms with Crippen LogP contribution in [0.3, 0.4) is 0 Å². The molecule has 0 spiro atoms. The largest absolute Gasteiger partial charge is 0.438 e. The number of hydrogen-bond acceptors (Lipinski definition) is 5. The van der Waals surface area contributed by atoms with Crippen molar-refractivity contribution in [2.75, 3.05) is 12.4 Å². The standard InChI is InChI=1S/C14H14N4O/c1-9-4-5-11(7-15)6-12(9)19-14-10(2)13(16-3)17-8-18-14/h4-6,8H,1-3H3,(H,16,17,18). The van der Waals surface area contributed by atoms with Gasteiger partial charge in [0.2, 0.25) is 5.88 Å². The minimum atomic E-state index is 0.484. The summed E-state index contributed by atoms with van der Waals surface area (Å²) in [5, 5.41) is 11.9. The molecule has 0 fully saturated rings. The molecule has 0 saturated heterocycles. The summed E-state index contributed by atoms with van der Waals surface area (Å²) < 4.78 is 5.78. The lowest BCUT2D eigenvalue weighted by atomic mass is 10.1. The number of ether oxygens (including phenoxy) is 1. The Labute approximate surface area is 111 Å². The molecule has 2 aromatic rings. The first kappa shape index (κ1) is 12.8. The highest BCUT2D eigenvalue weighted by Crippen LogP contribution is 2.28. The maximum absolute atomic E-state index is 8.91. The van der Waals surface area contributed by atoms with Crippen molar-refractivity contribution in [2.45, 2.75) is 13.8 Å². The third kappa shape index (κ3) is 2.63. The van der Waals surface area contributed by atoms with E-state index in [4.69, 9.17) is 10.00 Å². The lowest BCUT2D eigenvalue weighted by Gasteiger charge is -2.11. The number of rotatable bonds is 3. The Bertz CT molecular complexity index is 646. The molecule has 0 aliphatic carbocycles. The van der Waals surface area contributed by atoms with Crippen LogP contribution in [-0.2, 0) is 0 Å². The van der Waals surface area contributed by atoms with Crippen LogP contribution >= 0.6 is 0 Å². The summed E-state index contributed by atoms with van der Waals surface area (Å²) >= 11 is 0. The number of benzene rings is 1. The minimum Gasteiger partial charge on any atom is -0.438 e. The quantitative estimate of drug-likeness (QED) is 0.911. The van der Waals surface area contributed by atoms with Crippen molar-refractivity contribution in [2.24, 2.45) is 0 Å². The van der Waals surface area contributed by atoms with E-state index >= 15 is 0 Å².